The Balaban J connectivity index is 1.99. The molecule has 3 aliphatic rings. The van der Waals surface area contributed by atoms with Crippen molar-refractivity contribution in [2.75, 3.05) is 7.11 Å². The maximum Gasteiger partial charge on any atom is 0.407 e. The van der Waals surface area contributed by atoms with Gasteiger partial charge in [-0.2, -0.15) is 0 Å². The lowest BCUT2D eigenvalue weighted by atomic mass is 9.45. The van der Waals surface area contributed by atoms with Gasteiger partial charge in [-0.15, -0.1) is 0 Å². The first-order valence-corrected chi connectivity index (χ1v) is 5.81. The molecule has 3 heteroatoms. The molecular formula is C12H21NO2. The fourth-order valence-corrected chi connectivity index (χ4v) is 3.55. The van der Waals surface area contributed by atoms with Crippen molar-refractivity contribution in [3.05, 3.63) is 0 Å². The third-order valence-corrected chi connectivity index (χ3v) is 4.84. The molecule has 15 heavy (non-hydrogen) atoms. The Morgan fingerprint density at radius 2 is 2.07 bits per heavy atom. The van der Waals surface area contributed by atoms with Gasteiger partial charge < -0.3 is 10.1 Å². The number of amides is 1. The number of rotatable bonds is 1. The first-order valence-electron chi connectivity index (χ1n) is 5.81. The molecule has 3 fully saturated rings. The topological polar surface area (TPSA) is 38.3 Å². The minimum Gasteiger partial charge on any atom is -0.453 e. The molecule has 0 radical (unpaired) electrons. The molecule has 0 aromatic carbocycles. The smallest absolute Gasteiger partial charge is 0.407 e. The molecule has 3 aliphatic carbocycles. The van der Waals surface area contributed by atoms with E-state index in [0.717, 1.165) is 18.3 Å². The highest BCUT2D eigenvalue weighted by Crippen LogP contribution is 2.61. The first-order chi connectivity index (χ1) is 6.96. The lowest BCUT2D eigenvalue weighted by molar-refractivity contribution is -0.113. The van der Waals surface area contributed by atoms with Crippen molar-refractivity contribution in [2.45, 2.75) is 39.7 Å². The summed E-state index contributed by atoms with van der Waals surface area (Å²) in [6.07, 6.45) is 2.17. The predicted molar refractivity (Wildman–Crippen MR) is 58.5 cm³/mol. The molecule has 3 nitrogen and oxygen atoms in total. The minimum absolute atomic E-state index is 0.286. The van der Waals surface area contributed by atoms with E-state index in [2.05, 4.69) is 30.8 Å². The summed E-state index contributed by atoms with van der Waals surface area (Å²) in [5.74, 6) is 2.11. The van der Waals surface area contributed by atoms with E-state index >= 15 is 0 Å². The van der Waals surface area contributed by atoms with Gasteiger partial charge in [-0.25, -0.2) is 4.79 Å². The van der Waals surface area contributed by atoms with E-state index in [1.165, 1.54) is 13.5 Å². The first kappa shape index (κ1) is 10.8. The number of nitrogens with one attached hydrogen (secondary N) is 1. The average molecular weight is 211 g/mol. The second kappa shape index (κ2) is 3.39. The molecule has 0 aromatic rings. The van der Waals surface area contributed by atoms with Crippen LogP contribution in [0.25, 0.3) is 0 Å². The molecule has 4 atom stereocenters. The zero-order chi connectivity index (χ0) is 11.2. The van der Waals surface area contributed by atoms with E-state index in [-0.39, 0.29) is 6.09 Å². The fraction of sp³-hybridized carbons (Fsp3) is 0.917. The Bertz CT molecular complexity index is 275. The van der Waals surface area contributed by atoms with Gasteiger partial charge in [-0.3, -0.25) is 0 Å². The van der Waals surface area contributed by atoms with E-state index in [1.54, 1.807) is 0 Å². The van der Waals surface area contributed by atoms with Crippen molar-refractivity contribution in [1.29, 1.82) is 0 Å². The van der Waals surface area contributed by atoms with Crippen molar-refractivity contribution in [3.8, 4) is 0 Å². The maximum absolute atomic E-state index is 11.2. The molecule has 0 aliphatic heterocycles. The molecule has 2 bridgehead atoms. The Morgan fingerprint density at radius 3 is 2.53 bits per heavy atom. The van der Waals surface area contributed by atoms with Crippen molar-refractivity contribution in [3.63, 3.8) is 0 Å². The lowest BCUT2D eigenvalue weighted by Gasteiger charge is -2.62. The van der Waals surface area contributed by atoms with Crippen LogP contribution in [-0.4, -0.2) is 19.2 Å². The molecule has 1 N–H and O–H groups in total. The summed E-state index contributed by atoms with van der Waals surface area (Å²) in [6, 6.07) is 0.314. The number of carbonyl (C=O) groups is 1. The van der Waals surface area contributed by atoms with Gasteiger partial charge in [0, 0.05) is 6.04 Å². The van der Waals surface area contributed by atoms with Crippen LogP contribution in [0.1, 0.15) is 33.6 Å². The number of alkyl carbamates (subject to hydrolysis) is 1. The molecule has 1 amide bonds. The van der Waals surface area contributed by atoms with Crippen LogP contribution in [-0.2, 0) is 4.74 Å². The molecule has 3 saturated carbocycles. The van der Waals surface area contributed by atoms with Gasteiger partial charge in [0.2, 0.25) is 0 Å². The number of ether oxygens (including phenoxy) is 1. The zero-order valence-corrected chi connectivity index (χ0v) is 10.0. The van der Waals surface area contributed by atoms with Crippen molar-refractivity contribution in [2.24, 2.45) is 23.2 Å². The largest absolute Gasteiger partial charge is 0.453 e. The predicted octanol–water partition coefficient (Wildman–Crippen LogP) is 2.41. The number of hydrogen-bond acceptors (Lipinski definition) is 2. The van der Waals surface area contributed by atoms with E-state index in [1.807, 2.05) is 0 Å². The molecule has 0 aromatic heterocycles. The van der Waals surface area contributed by atoms with Crippen LogP contribution >= 0.6 is 0 Å². The van der Waals surface area contributed by atoms with Gasteiger partial charge in [0.25, 0.3) is 0 Å². The fourth-order valence-electron chi connectivity index (χ4n) is 3.55. The lowest BCUT2D eigenvalue weighted by Crippen LogP contribution is -2.60. The summed E-state index contributed by atoms with van der Waals surface area (Å²) in [6.45, 7) is 6.97. The number of hydrogen-bond donors (Lipinski definition) is 1. The van der Waals surface area contributed by atoms with Gasteiger partial charge in [0.1, 0.15) is 0 Å². The standard InChI is InChI=1S/C12H21NO2/c1-7-9-5-8(12(9,2)3)6-10(7)13-11(14)15-4/h7-10H,5-6H2,1-4H3,(H,13,14)/t7-,8-,9+,10-/m1/s1. The normalized spacial score (nSPS) is 41.6. The Kier molecular flexibility index (Phi) is 2.44. The highest BCUT2D eigenvalue weighted by atomic mass is 16.5. The summed E-state index contributed by atoms with van der Waals surface area (Å²) in [7, 11) is 1.42. The van der Waals surface area contributed by atoms with Gasteiger partial charge in [-0.1, -0.05) is 20.8 Å². The molecule has 86 valence electrons. The summed E-state index contributed by atoms with van der Waals surface area (Å²) < 4.78 is 4.65. The second-order valence-electron chi connectivity index (χ2n) is 5.70. The third kappa shape index (κ3) is 1.52. The molecule has 0 spiro atoms. The van der Waals surface area contributed by atoms with Crippen molar-refractivity contribution < 1.29 is 9.53 Å². The molecule has 0 heterocycles. The monoisotopic (exact) mass is 211 g/mol. The summed E-state index contributed by atoms with van der Waals surface area (Å²) in [5, 5.41) is 2.96. The molecule has 0 unspecified atom stereocenters. The maximum atomic E-state index is 11.2. The zero-order valence-electron chi connectivity index (χ0n) is 10.0. The van der Waals surface area contributed by atoms with Crippen LogP contribution in [0.4, 0.5) is 4.79 Å². The van der Waals surface area contributed by atoms with Crippen LogP contribution in [0.15, 0.2) is 0 Å². The number of carbonyl (C=O) groups excluding carboxylic acids is 1. The minimum atomic E-state index is -0.286. The SMILES string of the molecule is COC(=O)N[C@@H]1C[C@H]2C[C@@H]([C@H]1C)C2(C)C. The van der Waals surface area contributed by atoms with Gasteiger partial charge >= 0.3 is 6.09 Å². The van der Waals surface area contributed by atoms with Gasteiger partial charge in [0.05, 0.1) is 7.11 Å². The highest BCUT2D eigenvalue weighted by Gasteiger charge is 2.56. The van der Waals surface area contributed by atoms with Crippen molar-refractivity contribution in [1.82, 2.24) is 5.32 Å². The van der Waals surface area contributed by atoms with E-state index in [9.17, 15) is 4.79 Å². The Hall–Kier alpha value is -0.730. The molecular weight excluding hydrogens is 190 g/mol. The van der Waals surface area contributed by atoms with Crippen LogP contribution < -0.4 is 5.32 Å². The number of fused-ring (bicyclic) bond motifs is 2. The summed E-state index contributed by atoms with van der Waals surface area (Å²) >= 11 is 0. The van der Waals surface area contributed by atoms with Crippen LogP contribution in [0.2, 0.25) is 0 Å². The second-order valence-corrected chi connectivity index (χ2v) is 5.70. The Morgan fingerprint density at radius 1 is 1.40 bits per heavy atom. The quantitative estimate of drug-likeness (QED) is 0.723. The van der Waals surface area contributed by atoms with Crippen molar-refractivity contribution >= 4 is 6.09 Å². The summed E-state index contributed by atoms with van der Waals surface area (Å²) in [5.41, 5.74) is 0.480. The van der Waals surface area contributed by atoms with Crippen LogP contribution in [0, 0.1) is 23.2 Å². The van der Waals surface area contributed by atoms with E-state index in [0.29, 0.717) is 17.4 Å². The average Bonchev–Trinajstić information content (AvgIpc) is 2.19. The van der Waals surface area contributed by atoms with Crippen LogP contribution in [0.5, 0.6) is 0 Å². The number of methoxy groups -OCH3 is 1. The van der Waals surface area contributed by atoms with E-state index in [4.69, 9.17) is 0 Å². The summed E-state index contributed by atoms with van der Waals surface area (Å²) in [4.78, 5) is 11.2. The van der Waals surface area contributed by atoms with E-state index < -0.39 is 0 Å². The van der Waals surface area contributed by atoms with Gasteiger partial charge in [-0.05, 0) is 36.0 Å². The van der Waals surface area contributed by atoms with Gasteiger partial charge in [0.15, 0.2) is 0 Å². The highest BCUT2D eigenvalue weighted by molar-refractivity contribution is 5.67. The molecule has 0 saturated heterocycles. The van der Waals surface area contributed by atoms with Crippen LogP contribution in [0.3, 0.4) is 0 Å². The Labute approximate surface area is 91.6 Å². The third-order valence-electron chi connectivity index (χ3n) is 4.84. The molecule has 3 rings (SSSR count).